The SMILES string of the molecule is COC1(C)CN(C(O)c2nc(NC(C)c3ccccn3)nc3cc(C)sc23)C1. The van der Waals surface area contributed by atoms with Gasteiger partial charge in [0.25, 0.3) is 0 Å². The molecule has 3 aromatic heterocycles. The maximum absolute atomic E-state index is 11.0. The number of hydrogen-bond donors (Lipinski definition) is 2. The summed E-state index contributed by atoms with van der Waals surface area (Å²) >= 11 is 1.61. The molecule has 0 amide bonds. The molecule has 0 saturated carbocycles. The number of nitrogens with one attached hydrogen (secondary N) is 1. The van der Waals surface area contributed by atoms with Crippen molar-refractivity contribution in [2.45, 2.75) is 38.6 Å². The van der Waals surface area contributed by atoms with Gasteiger partial charge in [0.05, 0.1) is 27.6 Å². The molecule has 1 aliphatic heterocycles. The van der Waals surface area contributed by atoms with Gasteiger partial charge in [-0.25, -0.2) is 9.97 Å². The Labute approximate surface area is 168 Å². The van der Waals surface area contributed by atoms with E-state index < -0.39 is 6.23 Å². The first-order valence-corrected chi connectivity index (χ1v) is 10.1. The van der Waals surface area contributed by atoms with Crippen molar-refractivity contribution in [2.24, 2.45) is 0 Å². The summed E-state index contributed by atoms with van der Waals surface area (Å²) in [6.07, 6.45) is 0.976. The van der Waals surface area contributed by atoms with E-state index in [-0.39, 0.29) is 11.6 Å². The van der Waals surface area contributed by atoms with Crippen LogP contribution in [0.4, 0.5) is 5.95 Å². The van der Waals surface area contributed by atoms with Crippen LogP contribution in [0.15, 0.2) is 30.5 Å². The monoisotopic (exact) mass is 399 g/mol. The van der Waals surface area contributed by atoms with Gasteiger partial charge in [-0.05, 0) is 39.0 Å². The highest BCUT2D eigenvalue weighted by Gasteiger charge is 2.43. The highest BCUT2D eigenvalue weighted by molar-refractivity contribution is 7.19. The van der Waals surface area contributed by atoms with E-state index in [4.69, 9.17) is 4.74 Å². The van der Waals surface area contributed by atoms with E-state index >= 15 is 0 Å². The first-order valence-electron chi connectivity index (χ1n) is 9.31. The number of methoxy groups -OCH3 is 1. The average Bonchev–Trinajstić information content (AvgIpc) is 3.05. The maximum Gasteiger partial charge on any atom is 0.224 e. The van der Waals surface area contributed by atoms with E-state index in [1.165, 1.54) is 0 Å². The van der Waals surface area contributed by atoms with Gasteiger partial charge in [-0.3, -0.25) is 9.88 Å². The van der Waals surface area contributed by atoms with Crippen LogP contribution in [0.2, 0.25) is 0 Å². The number of pyridine rings is 1. The number of rotatable bonds is 6. The Bertz CT molecular complexity index is 971. The lowest BCUT2D eigenvalue weighted by Gasteiger charge is -2.48. The fourth-order valence-corrected chi connectivity index (χ4v) is 4.46. The van der Waals surface area contributed by atoms with Crippen LogP contribution in [-0.2, 0) is 4.74 Å². The van der Waals surface area contributed by atoms with Gasteiger partial charge in [-0.15, -0.1) is 11.3 Å². The van der Waals surface area contributed by atoms with E-state index in [2.05, 4.69) is 20.3 Å². The molecule has 2 N–H and O–H groups in total. The quantitative estimate of drug-likeness (QED) is 0.658. The van der Waals surface area contributed by atoms with E-state index in [0.717, 1.165) is 20.8 Å². The number of hydrogen-bond acceptors (Lipinski definition) is 8. The van der Waals surface area contributed by atoms with Gasteiger partial charge in [-0.1, -0.05) is 6.07 Å². The Morgan fingerprint density at radius 1 is 1.32 bits per heavy atom. The highest BCUT2D eigenvalue weighted by Crippen LogP contribution is 2.36. The number of anilines is 1. The van der Waals surface area contributed by atoms with Crippen LogP contribution in [0, 0.1) is 6.92 Å². The smallest absolute Gasteiger partial charge is 0.224 e. The Morgan fingerprint density at radius 2 is 2.11 bits per heavy atom. The Morgan fingerprint density at radius 3 is 2.79 bits per heavy atom. The molecule has 2 unspecified atom stereocenters. The normalized spacial score (nSPS) is 18.6. The molecule has 0 spiro atoms. The second-order valence-electron chi connectivity index (χ2n) is 7.56. The molecule has 0 radical (unpaired) electrons. The number of aliphatic hydroxyl groups is 1. The molecular weight excluding hydrogens is 374 g/mol. The minimum atomic E-state index is -0.794. The fourth-order valence-electron chi connectivity index (χ4n) is 3.50. The van der Waals surface area contributed by atoms with Crippen molar-refractivity contribution in [3.05, 3.63) is 46.7 Å². The van der Waals surface area contributed by atoms with E-state index in [1.54, 1.807) is 24.6 Å². The van der Waals surface area contributed by atoms with Crippen LogP contribution >= 0.6 is 11.3 Å². The minimum Gasteiger partial charge on any atom is -0.376 e. The van der Waals surface area contributed by atoms with Crippen molar-refractivity contribution < 1.29 is 9.84 Å². The molecule has 1 aliphatic rings. The first-order chi connectivity index (χ1) is 13.4. The number of aromatic nitrogens is 3. The number of aliphatic hydroxyl groups excluding tert-OH is 1. The molecule has 1 fully saturated rings. The van der Waals surface area contributed by atoms with Crippen LogP contribution in [0.5, 0.6) is 0 Å². The zero-order valence-electron chi connectivity index (χ0n) is 16.5. The van der Waals surface area contributed by atoms with Gasteiger partial charge in [0.15, 0.2) is 6.23 Å². The van der Waals surface area contributed by atoms with Crippen molar-refractivity contribution >= 4 is 27.5 Å². The molecule has 4 heterocycles. The fraction of sp³-hybridized carbons (Fsp3) is 0.450. The van der Waals surface area contributed by atoms with Gasteiger partial charge >= 0.3 is 0 Å². The lowest BCUT2D eigenvalue weighted by Crippen LogP contribution is -2.61. The molecule has 7 nitrogen and oxygen atoms in total. The van der Waals surface area contributed by atoms with Gasteiger partial charge in [0.2, 0.25) is 5.95 Å². The number of nitrogens with zero attached hydrogens (tertiary/aromatic N) is 4. The summed E-state index contributed by atoms with van der Waals surface area (Å²) in [6, 6.07) is 7.79. The minimum absolute atomic E-state index is 0.0517. The van der Waals surface area contributed by atoms with Crippen LogP contribution in [0.25, 0.3) is 10.2 Å². The van der Waals surface area contributed by atoms with Crippen LogP contribution in [0.1, 0.15) is 42.4 Å². The van der Waals surface area contributed by atoms with Crippen molar-refractivity contribution in [3.8, 4) is 0 Å². The van der Waals surface area contributed by atoms with Crippen LogP contribution in [-0.4, -0.2) is 50.8 Å². The van der Waals surface area contributed by atoms with Gasteiger partial charge in [0.1, 0.15) is 5.69 Å². The number of likely N-dealkylation sites (tertiary alicyclic amines) is 1. The predicted octanol–water partition coefficient (Wildman–Crippen LogP) is 3.28. The standard InChI is InChI=1S/C20H25N5O2S/c1-12-9-15-17(28-12)16(18(26)25-10-20(3,11-25)27-4)24-19(23-15)22-13(2)14-7-5-6-8-21-14/h5-9,13,18,26H,10-11H2,1-4H3,(H,22,23,24). The zero-order valence-corrected chi connectivity index (χ0v) is 17.3. The largest absolute Gasteiger partial charge is 0.376 e. The van der Waals surface area contributed by atoms with E-state index in [1.807, 2.05) is 49.9 Å². The van der Waals surface area contributed by atoms with Crippen molar-refractivity contribution in [1.82, 2.24) is 19.9 Å². The van der Waals surface area contributed by atoms with E-state index in [9.17, 15) is 5.11 Å². The molecule has 2 atom stereocenters. The van der Waals surface area contributed by atoms with Crippen LogP contribution in [0.3, 0.4) is 0 Å². The lowest BCUT2D eigenvalue weighted by molar-refractivity contribution is -0.169. The van der Waals surface area contributed by atoms with Gasteiger partial charge in [-0.2, -0.15) is 0 Å². The topological polar surface area (TPSA) is 83.4 Å². The third-order valence-corrected chi connectivity index (χ3v) is 6.22. The molecule has 1 saturated heterocycles. The lowest BCUT2D eigenvalue weighted by atomic mass is 9.95. The van der Waals surface area contributed by atoms with Crippen molar-refractivity contribution in [1.29, 1.82) is 0 Å². The first kappa shape index (κ1) is 19.2. The summed E-state index contributed by atoms with van der Waals surface area (Å²) in [5.74, 6) is 0.493. The number of ether oxygens (including phenoxy) is 1. The zero-order chi connectivity index (χ0) is 19.9. The van der Waals surface area contributed by atoms with Gasteiger partial charge < -0.3 is 15.2 Å². The molecule has 4 rings (SSSR count). The van der Waals surface area contributed by atoms with Gasteiger partial charge in [0, 0.05) is 31.3 Å². The summed E-state index contributed by atoms with van der Waals surface area (Å²) in [7, 11) is 1.70. The number of thiophene rings is 1. The summed E-state index contributed by atoms with van der Waals surface area (Å²) in [4.78, 5) is 16.8. The molecule has 148 valence electrons. The third kappa shape index (κ3) is 3.60. The second kappa shape index (κ2) is 7.36. The van der Waals surface area contributed by atoms with Crippen LogP contribution < -0.4 is 5.32 Å². The maximum atomic E-state index is 11.0. The summed E-state index contributed by atoms with van der Waals surface area (Å²) < 4.78 is 6.43. The van der Waals surface area contributed by atoms with Crippen molar-refractivity contribution in [3.63, 3.8) is 0 Å². The van der Waals surface area contributed by atoms with Crippen molar-refractivity contribution in [2.75, 3.05) is 25.5 Å². The molecule has 8 heteroatoms. The third-order valence-electron chi connectivity index (χ3n) is 5.16. The highest BCUT2D eigenvalue weighted by atomic mass is 32.1. The molecule has 28 heavy (non-hydrogen) atoms. The predicted molar refractivity (Wildman–Crippen MR) is 110 cm³/mol. The molecule has 0 aromatic carbocycles. The molecule has 0 aliphatic carbocycles. The summed E-state index contributed by atoms with van der Waals surface area (Å²) in [5, 5.41) is 14.3. The number of fused-ring (bicyclic) bond motifs is 1. The Balaban J connectivity index is 1.64. The molecule has 3 aromatic rings. The number of aryl methyl sites for hydroxylation is 1. The Kier molecular flexibility index (Phi) is 5.05. The molecule has 0 bridgehead atoms. The Hall–Kier alpha value is -2.13. The van der Waals surface area contributed by atoms with E-state index in [0.29, 0.717) is 24.7 Å². The summed E-state index contributed by atoms with van der Waals surface area (Å²) in [6.45, 7) is 7.42. The molecular formula is C20H25N5O2S. The average molecular weight is 400 g/mol. The summed E-state index contributed by atoms with van der Waals surface area (Å²) in [5.41, 5.74) is 2.18. The second-order valence-corrected chi connectivity index (χ2v) is 8.81.